The number of nitrogens with one attached hydrogen (secondary N) is 1. The number of thioether (sulfide) groups is 1. The maximum atomic E-state index is 12.2. The minimum Gasteiger partial charge on any atom is -0.496 e. The summed E-state index contributed by atoms with van der Waals surface area (Å²) in [6.07, 6.45) is 0.745. The highest BCUT2D eigenvalue weighted by molar-refractivity contribution is 7.99. The van der Waals surface area contributed by atoms with Crippen LogP contribution in [0.25, 0.3) is 11.0 Å². The second kappa shape index (κ2) is 8.95. The van der Waals surface area contributed by atoms with Gasteiger partial charge in [0.15, 0.2) is 5.16 Å². The molecule has 0 saturated carbocycles. The molecule has 3 aromatic rings. The Morgan fingerprint density at radius 3 is 2.85 bits per heavy atom. The van der Waals surface area contributed by atoms with Crippen LogP contribution >= 0.6 is 11.8 Å². The predicted molar refractivity (Wildman–Crippen MR) is 111 cm³/mol. The predicted octanol–water partition coefficient (Wildman–Crippen LogP) is 3.82. The maximum Gasteiger partial charge on any atom is 0.230 e. The molecule has 0 spiro atoms. The average Bonchev–Trinajstić information content (AvgIpc) is 3.04. The molecule has 1 N–H and O–H groups in total. The van der Waals surface area contributed by atoms with E-state index in [-0.39, 0.29) is 5.91 Å². The second-order valence-electron chi connectivity index (χ2n) is 6.33. The number of rotatable bonds is 8. The first-order valence-corrected chi connectivity index (χ1v) is 10.1. The standard InChI is InChI=1S/C21H25N3O2S/c1-4-24-18-8-6-5-7-17(18)23-21(24)27-14-20(25)22-12-11-16-13-15(2)9-10-19(16)26-3/h5-10,13H,4,11-12,14H2,1-3H3,(H,22,25). The Labute approximate surface area is 164 Å². The number of para-hydroxylation sites is 2. The van der Waals surface area contributed by atoms with Crippen LogP contribution in [-0.2, 0) is 17.8 Å². The Balaban J connectivity index is 1.54. The highest BCUT2D eigenvalue weighted by Gasteiger charge is 2.12. The number of hydrogen-bond donors (Lipinski definition) is 1. The number of ether oxygens (including phenoxy) is 1. The van der Waals surface area contributed by atoms with E-state index in [1.165, 1.54) is 17.3 Å². The quantitative estimate of drug-likeness (QED) is 0.601. The summed E-state index contributed by atoms with van der Waals surface area (Å²) in [4.78, 5) is 16.9. The third-order valence-electron chi connectivity index (χ3n) is 4.42. The fourth-order valence-corrected chi connectivity index (χ4v) is 4.00. The minimum atomic E-state index is 0.0151. The van der Waals surface area contributed by atoms with Gasteiger partial charge in [-0.1, -0.05) is 41.6 Å². The molecule has 0 aliphatic rings. The van der Waals surface area contributed by atoms with E-state index in [0.717, 1.165) is 40.5 Å². The molecule has 27 heavy (non-hydrogen) atoms. The van der Waals surface area contributed by atoms with Gasteiger partial charge in [0.1, 0.15) is 5.75 Å². The van der Waals surface area contributed by atoms with Gasteiger partial charge in [0.2, 0.25) is 5.91 Å². The Kier molecular flexibility index (Phi) is 6.40. The summed E-state index contributed by atoms with van der Waals surface area (Å²) in [6.45, 7) is 5.56. The van der Waals surface area contributed by atoms with Gasteiger partial charge in [-0.3, -0.25) is 4.79 Å². The van der Waals surface area contributed by atoms with E-state index < -0.39 is 0 Å². The molecule has 0 unspecified atom stereocenters. The topological polar surface area (TPSA) is 56.2 Å². The lowest BCUT2D eigenvalue weighted by Crippen LogP contribution is -2.27. The number of amides is 1. The molecule has 2 aromatic carbocycles. The molecule has 0 atom stereocenters. The molecule has 0 saturated heterocycles. The van der Waals surface area contributed by atoms with E-state index in [1.807, 2.05) is 30.3 Å². The molecular formula is C21H25N3O2S. The highest BCUT2D eigenvalue weighted by atomic mass is 32.2. The number of hydrogen-bond acceptors (Lipinski definition) is 4. The zero-order valence-electron chi connectivity index (χ0n) is 16.0. The summed E-state index contributed by atoms with van der Waals surface area (Å²) in [5, 5.41) is 3.87. The molecule has 0 radical (unpaired) electrons. The fraction of sp³-hybridized carbons (Fsp3) is 0.333. The molecular weight excluding hydrogens is 358 g/mol. The number of imidazole rings is 1. The first kappa shape index (κ1) is 19.3. The number of fused-ring (bicyclic) bond motifs is 1. The van der Waals surface area contributed by atoms with Crippen molar-refractivity contribution >= 4 is 28.7 Å². The van der Waals surface area contributed by atoms with Crippen LogP contribution in [0, 0.1) is 6.92 Å². The third kappa shape index (κ3) is 4.63. The van der Waals surface area contributed by atoms with Gasteiger partial charge in [-0.25, -0.2) is 4.98 Å². The molecule has 3 rings (SSSR count). The Hall–Kier alpha value is -2.47. The van der Waals surface area contributed by atoms with Crippen molar-refractivity contribution in [1.29, 1.82) is 0 Å². The van der Waals surface area contributed by atoms with Crippen LogP contribution in [0.5, 0.6) is 5.75 Å². The summed E-state index contributed by atoms with van der Waals surface area (Å²) in [5.74, 6) is 1.23. The molecule has 1 amide bonds. The molecule has 0 aliphatic carbocycles. The van der Waals surface area contributed by atoms with E-state index in [4.69, 9.17) is 4.74 Å². The first-order valence-electron chi connectivity index (χ1n) is 9.10. The number of aryl methyl sites for hydroxylation is 2. The van der Waals surface area contributed by atoms with Gasteiger partial charge in [-0.15, -0.1) is 0 Å². The summed E-state index contributed by atoms with van der Waals surface area (Å²) in [5.41, 5.74) is 4.37. The van der Waals surface area contributed by atoms with Crippen LogP contribution in [0.4, 0.5) is 0 Å². The Morgan fingerprint density at radius 2 is 2.07 bits per heavy atom. The van der Waals surface area contributed by atoms with Crippen molar-refractivity contribution in [3.8, 4) is 5.75 Å². The monoisotopic (exact) mass is 383 g/mol. The molecule has 1 heterocycles. The van der Waals surface area contributed by atoms with Gasteiger partial charge in [-0.05, 0) is 44.0 Å². The molecule has 5 nitrogen and oxygen atoms in total. The molecule has 0 aliphatic heterocycles. The smallest absolute Gasteiger partial charge is 0.230 e. The van der Waals surface area contributed by atoms with Gasteiger partial charge < -0.3 is 14.6 Å². The van der Waals surface area contributed by atoms with Crippen molar-refractivity contribution in [1.82, 2.24) is 14.9 Å². The molecule has 142 valence electrons. The fourth-order valence-electron chi connectivity index (χ4n) is 3.09. The summed E-state index contributed by atoms with van der Waals surface area (Å²) >= 11 is 1.48. The molecule has 6 heteroatoms. The van der Waals surface area contributed by atoms with Gasteiger partial charge in [0, 0.05) is 13.1 Å². The second-order valence-corrected chi connectivity index (χ2v) is 7.27. The first-order chi connectivity index (χ1) is 13.1. The van der Waals surface area contributed by atoms with Crippen molar-refractivity contribution in [3.05, 3.63) is 53.6 Å². The zero-order valence-corrected chi connectivity index (χ0v) is 16.8. The van der Waals surface area contributed by atoms with E-state index >= 15 is 0 Å². The van der Waals surface area contributed by atoms with Crippen molar-refractivity contribution in [2.75, 3.05) is 19.4 Å². The van der Waals surface area contributed by atoms with E-state index in [1.54, 1.807) is 7.11 Å². The number of carbonyl (C=O) groups is 1. The normalized spacial score (nSPS) is 10.9. The zero-order chi connectivity index (χ0) is 19.2. The van der Waals surface area contributed by atoms with Gasteiger partial charge in [0.05, 0.1) is 23.9 Å². The number of aromatic nitrogens is 2. The SMILES string of the molecule is CCn1c(SCC(=O)NCCc2cc(C)ccc2OC)nc2ccccc21. The van der Waals surface area contributed by atoms with Crippen LogP contribution < -0.4 is 10.1 Å². The number of nitrogens with zero attached hydrogens (tertiary/aromatic N) is 2. The van der Waals surface area contributed by atoms with E-state index in [9.17, 15) is 4.79 Å². The van der Waals surface area contributed by atoms with Gasteiger partial charge in [-0.2, -0.15) is 0 Å². The lowest BCUT2D eigenvalue weighted by atomic mass is 10.1. The molecule has 1 aromatic heterocycles. The van der Waals surface area contributed by atoms with Crippen LogP contribution in [0.3, 0.4) is 0 Å². The maximum absolute atomic E-state index is 12.2. The third-order valence-corrected chi connectivity index (χ3v) is 5.40. The number of carbonyl (C=O) groups excluding carboxylic acids is 1. The lowest BCUT2D eigenvalue weighted by Gasteiger charge is -2.10. The molecule has 0 fully saturated rings. The summed E-state index contributed by atoms with van der Waals surface area (Å²) < 4.78 is 7.53. The van der Waals surface area contributed by atoms with Crippen LogP contribution in [0.1, 0.15) is 18.1 Å². The van der Waals surface area contributed by atoms with Crippen molar-refractivity contribution in [2.24, 2.45) is 0 Å². The van der Waals surface area contributed by atoms with Crippen LogP contribution in [-0.4, -0.2) is 34.9 Å². The number of methoxy groups -OCH3 is 1. The van der Waals surface area contributed by atoms with Crippen molar-refractivity contribution < 1.29 is 9.53 Å². The van der Waals surface area contributed by atoms with E-state index in [0.29, 0.717) is 12.3 Å². The van der Waals surface area contributed by atoms with Gasteiger partial charge >= 0.3 is 0 Å². The molecule has 0 bridgehead atoms. The average molecular weight is 384 g/mol. The minimum absolute atomic E-state index is 0.0151. The van der Waals surface area contributed by atoms with Crippen molar-refractivity contribution in [3.63, 3.8) is 0 Å². The van der Waals surface area contributed by atoms with Gasteiger partial charge in [0.25, 0.3) is 0 Å². The van der Waals surface area contributed by atoms with Crippen molar-refractivity contribution in [2.45, 2.75) is 32.0 Å². The van der Waals surface area contributed by atoms with E-state index in [2.05, 4.69) is 40.8 Å². The summed E-state index contributed by atoms with van der Waals surface area (Å²) in [7, 11) is 1.67. The van der Waals surface area contributed by atoms with Crippen LogP contribution in [0.2, 0.25) is 0 Å². The Morgan fingerprint density at radius 1 is 1.26 bits per heavy atom. The lowest BCUT2D eigenvalue weighted by molar-refractivity contribution is -0.118. The Bertz CT molecular complexity index is 936. The highest BCUT2D eigenvalue weighted by Crippen LogP contribution is 2.24. The largest absolute Gasteiger partial charge is 0.496 e. The van der Waals surface area contributed by atoms with Crippen LogP contribution in [0.15, 0.2) is 47.6 Å². The summed E-state index contributed by atoms with van der Waals surface area (Å²) in [6, 6.07) is 14.2. The number of benzene rings is 2.